The van der Waals surface area contributed by atoms with Crippen molar-refractivity contribution < 1.29 is 4.79 Å². The number of rotatable bonds is 3. The van der Waals surface area contributed by atoms with Crippen molar-refractivity contribution in [1.82, 2.24) is 15.2 Å². The van der Waals surface area contributed by atoms with Crippen LogP contribution in [-0.2, 0) is 6.42 Å². The molecule has 3 aromatic rings. The van der Waals surface area contributed by atoms with Crippen LogP contribution in [0, 0.1) is 0 Å². The molecule has 0 radical (unpaired) electrons. The molecule has 0 aliphatic carbocycles. The van der Waals surface area contributed by atoms with E-state index in [4.69, 9.17) is 0 Å². The number of benzene rings is 2. The third kappa shape index (κ3) is 3.20. The Morgan fingerprint density at radius 3 is 2.85 bits per heavy atom. The first-order chi connectivity index (χ1) is 12.8. The summed E-state index contributed by atoms with van der Waals surface area (Å²) in [5, 5.41) is 4.42. The third-order valence-electron chi connectivity index (χ3n) is 5.13. The minimum Gasteiger partial charge on any atom is -0.329 e. The minimum absolute atomic E-state index is 0.0618. The van der Waals surface area contributed by atoms with Gasteiger partial charge in [-0.15, -0.1) is 0 Å². The number of fused-ring (bicyclic) bond motifs is 1. The lowest BCUT2D eigenvalue weighted by molar-refractivity contribution is 0.0634. The number of amides is 1. The lowest BCUT2D eigenvalue weighted by atomic mass is 9.99. The highest BCUT2D eigenvalue weighted by Gasteiger charge is 2.28. The van der Waals surface area contributed by atoms with E-state index in [1.807, 2.05) is 35.2 Å². The first kappa shape index (κ1) is 16.7. The molecule has 132 valence electrons. The zero-order chi connectivity index (χ0) is 17.9. The number of pyridine rings is 1. The topological polar surface area (TPSA) is 45.2 Å². The van der Waals surface area contributed by atoms with Gasteiger partial charge in [0.25, 0.3) is 5.91 Å². The van der Waals surface area contributed by atoms with Crippen molar-refractivity contribution in [2.75, 3.05) is 19.6 Å². The van der Waals surface area contributed by atoms with Crippen LogP contribution in [0.4, 0.5) is 0 Å². The molecule has 2 aromatic carbocycles. The van der Waals surface area contributed by atoms with Gasteiger partial charge in [-0.25, -0.2) is 0 Å². The highest BCUT2D eigenvalue weighted by molar-refractivity contribution is 5.98. The van der Waals surface area contributed by atoms with Crippen LogP contribution in [0.2, 0.25) is 0 Å². The Labute approximate surface area is 153 Å². The third-order valence-corrected chi connectivity index (χ3v) is 5.13. The van der Waals surface area contributed by atoms with Gasteiger partial charge in [-0.05, 0) is 41.8 Å². The van der Waals surface area contributed by atoms with Gasteiger partial charge in [-0.1, -0.05) is 37.3 Å². The summed E-state index contributed by atoms with van der Waals surface area (Å²) in [5.41, 5.74) is 4.14. The highest BCUT2D eigenvalue weighted by Crippen LogP contribution is 2.25. The SMILES string of the molecule is CCc1ccc(C2CNCCN2C(=O)c2ccc3ncccc3c2)cc1. The van der Waals surface area contributed by atoms with Crippen molar-refractivity contribution in [2.45, 2.75) is 19.4 Å². The van der Waals surface area contributed by atoms with Gasteiger partial charge in [0.1, 0.15) is 0 Å². The van der Waals surface area contributed by atoms with E-state index in [0.717, 1.165) is 36.0 Å². The van der Waals surface area contributed by atoms with Crippen molar-refractivity contribution >= 4 is 16.8 Å². The summed E-state index contributed by atoms with van der Waals surface area (Å²) in [4.78, 5) is 19.6. The van der Waals surface area contributed by atoms with E-state index in [1.54, 1.807) is 6.20 Å². The molecular weight excluding hydrogens is 322 g/mol. The summed E-state index contributed by atoms with van der Waals surface area (Å²) in [7, 11) is 0. The normalized spacial score (nSPS) is 17.4. The quantitative estimate of drug-likeness (QED) is 0.789. The van der Waals surface area contributed by atoms with E-state index < -0.39 is 0 Å². The van der Waals surface area contributed by atoms with Crippen LogP contribution in [-0.4, -0.2) is 35.4 Å². The molecule has 1 aromatic heterocycles. The maximum absolute atomic E-state index is 13.2. The fraction of sp³-hybridized carbons (Fsp3) is 0.273. The smallest absolute Gasteiger partial charge is 0.254 e. The van der Waals surface area contributed by atoms with Gasteiger partial charge < -0.3 is 10.2 Å². The average molecular weight is 345 g/mol. The number of aryl methyl sites for hydroxylation is 1. The molecule has 1 aliphatic heterocycles. The number of carbonyl (C=O) groups is 1. The van der Waals surface area contributed by atoms with Crippen molar-refractivity contribution in [3.63, 3.8) is 0 Å². The first-order valence-electron chi connectivity index (χ1n) is 9.21. The van der Waals surface area contributed by atoms with Gasteiger partial charge >= 0.3 is 0 Å². The van der Waals surface area contributed by atoms with E-state index >= 15 is 0 Å². The van der Waals surface area contributed by atoms with Crippen LogP contribution in [0.15, 0.2) is 60.8 Å². The Bertz CT molecular complexity index is 920. The number of carbonyl (C=O) groups excluding carboxylic acids is 1. The second-order valence-corrected chi connectivity index (χ2v) is 6.72. The predicted octanol–water partition coefficient (Wildman–Crippen LogP) is 3.58. The molecule has 1 fully saturated rings. The van der Waals surface area contributed by atoms with Gasteiger partial charge in [-0.3, -0.25) is 9.78 Å². The lowest BCUT2D eigenvalue weighted by Gasteiger charge is -2.36. The standard InChI is InChI=1S/C22H23N3O/c1-2-16-5-7-17(8-6-16)21-15-23-12-13-25(21)22(26)19-9-10-20-18(14-19)4-3-11-24-20/h3-11,14,21,23H,2,12-13,15H2,1H3. The van der Waals surface area contributed by atoms with E-state index in [2.05, 4.69) is 41.5 Å². The zero-order valence-corrected chi connectivity index (χ0v) is 15.0. The maximum atomic E-state index is 13.2. The summed E-state index contributed by atoms with van der Waals surface area (Å²) in [6, 6.07) is 18.4. The molecule has 4 rings (SSSR count). The van der Waals surface area contributed by atoms with Crippen molar-refractivity contribution in [3.05, 3.63) is 77.5 Å². The fourth-order valence-corrected chi connectivity index (χ4v) is 3.60. The van der Waals surface area contributed by atoms with E-state index in [-0.39, 0.29) is 11.9 Å². The maximum Gasteiger partial charge on any atom is 0.254 e. The Morgan fingerprint density at radius 1 is 1.19 bits per heavy atom. The molecule has 1 atom stereocenters. The van der Waals surface area contributed by atoms with E-state index in [9.17, 15) is 4.79 Å². The molecule has 26 heavy (non-hydrogen) atoms. The van der Waals surface area contributed by atoms with Crippen LogP contribution < -0.4 is 5.32 Å². The van der Waals surface area contributed by atoms with Crippen LogP contribution in [0.3, 0.4) is 0 Å². The molecule has 0 spiro atoms. The zero-order valence-electron chi connectivity index (χ0n) is 15.0. The number of nitrogens with one attached hydrogen (secondary N) is 1. The Hall–Kier alpha value is -2.72. The monoisotopic (exact) mass is 345 g/mol. The molecule has 1 amide bonds. The summed E-state index contributed by atoms with van der Waals surface area (Å²) in [6.07, 6.45) is 2.80. The molecule has 1 aliphatic rings. The van der Waals surface area contributed by atoms with Gasteiger partial charge in [0.05, 0.1) is 11.6 Å². The molecular formula is C22H23N3O. The Morgan fingerprint density at radius 2 is 2.04 bits per heavy atom. The van der Waals surface area contributed by atoms with Gasteiger partial charge in [0.2, 0.25) is 0 Å². The number of piperazine rings is 1. The summed E-state index contributed by atoms with van der Waals surface area (Å²) < 4.78 is 0. The summed E-state index contributed by atoms with van der Waals surface area (Å²) >= 11 is 0. The number of hydrogen-bond acceptors (Lipinski definition) is 3. The van der Waals surface area contributed by atoms with Crippen molar-refractivity contribution in [3.8, 4) is 0 Å². The molecule has 1 saturated heterocycles. The minimum atomic E-state index is 0.0618. The fourth-order valence-electron chi connectivity index (χ4n) is 3.60. The van der Waals surface area contributed by atoms with E-state index in [1.165, 1.54) is 11.1 Å². The van der Waals surface area contributed by atoms with E-state index in [0.29, 0.717) is 6.54 Å². The molecule has 4 nitrogen and oxygen atoms in total. The first-order valence-corrected chi connectivity index (χ1v) is 9.21. The molecule has 0 bridgehead atoms. The number of nitrogens with zero attached hydrogens (tertiary/aromatic N) is 2. The summed E-state index contributed by atoms with van der Waals surface area (Å²) in [6.45, 7) is 4.47. The number of aromatic nitrogens is 1. The van der Waals surface area contributed by atoms with Gasteiger partial charge in [0, 0.05) is 36.8 Å². The predicted molar refractivity (Wildman–Crippen MR) is 104 cm³/mol. The largest absolute Gasteiger partial charge is 0.329 e. The van der Waals surface area contributed by atoms with Crippen LogP contribution in [0.25, 0.3) is 10.9 Å². The molecule has 4 heteroatoms. The van der Waals surface area contributed by atoms with Gasteiger partial charge in [0.15, 0.2) is 0 Å². The molecule has 2 heterocycles. The second-order valence-electron chi connectivity index (χ2n) is 6.72. The van der Waals surface area contributed by atoms with Crippen molar-refractivity contribution in [2.24, 2.45) is 0 Å². The van der Waals surface area contributed by atoms with Crippen LogP contribution in [0.1, 0.15) is 34.5 Å². The Balaban J connectivity index is 1.64. The van der Waals surface area contributed by atoms with Crippen LogP contribution in [0.5, 0.6) is 0 Å². The van der Waals surface area contributed by atoms with Crippen molar-refractivity contribution in [1.29, 1.82) is 0 Å². The molecule has 0 saturated carbocycles. The second kappa shape index (κ2) is 7.26. The highest BCUT2D eigenvalue weighted by atomic mass is 16.2. The molecule has 1 N–H and O–H groups in total. The Kier molecular flexibility index (Phi) is 4.67. The molecule has 1 unspecified atom stereocenters. The van der Waals surface area contributed by atoms with Gasteiger partial charge in [-0.2, -0.15) is 0 Å². The lowest BCUT2D eigenvalue weighted by Crippen LogP contribution is -2.48. The number of hydrogen-bond donors (Lipinski definition) is 1. The van der Waals surface area contributed by atoms with Crippen LogP contribution >= 0.6 is 0 Å². The average Bonchev–Trinajstić information content (AvgIpc) is 2.73. The summed E-state index contributed by atoms with van der Waals surface area (Å²) in [5.74, 6) is 0.0850.